The molecule has 0 heterocycles. The van der Waals surface area contributed by atoms with Gasteiger partial charge in [-0.05, 0) is 83.5 Å². The molecule has 0 amide bonds. The molecule has 0 aromatic rings. The first kappa shape index (κ1) is 54.8. The quantitative estimate of drug-likeness (QED) is 0.0478. The van der Waals surface area contributed by atoms with Gasteiger partial charge in [-0.25, -0.2) is 0 Å². The second kappa shape index (κ2) is 53.8. The zero-order valence-corrected chi connectivity index (χ0v) is 32.5. The van der Waals surface area contributed by atoms with E-state index < -0.39 is 0 Å². The summed E-state index contributed by atoms with van der Waals surface area (Å²) >= 11 is 0. The van der Waals surface area contributed by atoms with Crippen LogP contribution in [0.5, 0.6) is 0 Å². The molecule has 0 aliphatic heterocycles. The number of hydrogen-bond donors (Lipinski definition) is 0. The van der Waals surface area contributed by atoms with Gasteiger partial charge in [-0.3, -0.25) is 19.2 Å². The lowest BCUT2D eigenvalue weighted by Gasteiger charge is -1.95. The summed E-state index contributed by atoms with van der Waals surface area (Å²) in [6.07, 6.45) is 35.3. The van der Waals surface area contributed by atoms with Crippen LogP contribution in [0.2, 0.25) is 0 Å². The number of carbonyl (C=O) groups is 4. The average Bonchev–Trinajstić information content (AvgIpc) is 3.13. The molecule has 0 saturated heterocycles. The maximum atomic E-state index is 10.7. The van der Waals surface area contributed by atoms with Gasteiger partial charge in [0.2, 0.25) is 0 Å². The minimum Gasteiger partial charge on any atom is -0.469 e. The lowest BCUT2D eigenvalue weighted by Crippen LogP contribution is -1.98. The Balaban J connectivity index is -0.000000171. The molecule has 0 aliphatic carbocycles. The third kappa shape index (κ3) is 67.4. The second-order valence-corrected chi connectivity index (χ2v) is 10.2. The van der Waals surface area contributed by atoms with E-state index in [2.05, 4.69) is 108 Å². The zero-order chi connectivity index (χ0) is 38.2. The molecule has 0 unspecified atom stereocenters. The second-order valence-electron chi connectivity index (χ2n) is 10.2. The summed E-state index contributed by atoms with van der Waals surface area (Å²) in [5, 5.41) is 0. The van der Waals surface area contributed by atoms with Crippen LogP contribution >= 0.6 is 0 Å². The van der Waals surface area contributed by atoms with E-state index >= 15 is 0 Å². The third-order valence-corrected chi connectivity index (χ3v) is 5.89. The molecular formula is C41H72O8. The fraction of sp³-hybridized carbons (Fsp3) is 0.610. The lowest BCUT2D eigenvalue weighted by atomic mass is 10.2. The van der Waals surface area contributed by atoms with Crippen LogP contribution in [-0.2, 0) is 38.1 Å². The Labute approximate surface area is 300 Å². The lowest BCUT2D eigenvalue weighted by molar-refractivity contribution is -0.141. The van der Waals surface area contributed by atoms with E-state index in [-0.39, 0.29) is 23.9 Å². The van der Waals surface area contributed by atoms with Crippen LogP contribution in [0.25, 0.3) is 0 Å². The molecule has 0 rings (SSSR count). The molecule has 0 bridgehead atoms. The minimum absolute atomic E-state index is 0.116. The van der Waals surface area contributed by atoms with Crippen LogP contribution in [0.4, 0.5) is 0 Å². The molecule has 8 nitrogen and oxygen atoms in total. The van der Waals surface area contributed by atoms with Crippen molar-refractivity contribution in [1.82, 2.24) is 0 Å². The Bertz CT molecular complexity index is 837. The summed E-state index contributed by atoms with van der Waals surface area (Å²) in [4.78, 5) is 42.4. The molecule has 0 saturated carbocycles. The van der Waals surface area contributed by atoms with Crippen LogP contribution in [-0.4, -0.2) is 52.3 Å². The van der Waals surface area contributed by atoms with E-state index in [1.165, 1.54) is 28.4 Å². The molecule has 0 radical (unpaired) electrons. The molecule has 284 valence electrons. The number of rotatable bonds is 22. The maximum Gasteiger partial charge on any atom is 0.305 e. The van der Waals surface area contributed by atoms with Gasteiger partial charge in [-0.2, -0.15) is 0 Å². The Kier molecular flexibility index (Phi) is 60.1. The molecule has 0 N–H and O–H groups in total. The van der Waals surface area contributed by atoms with E-state index in [4.69, 9.17) is 0 Å². The molecule has 0 aliphatic rings. The van der Waals surface area contributed by atoms with Crippen molar-refractivity contribution in [3.63, 3.8) is 0 Å². The zero-order valence-electron chi connectivity index (χ0n) is 32.5. The van der Waals surface area contributed by atoms with Gasteiger partial charge in [0.05, 0.1) is 28.4 Å². The van der Waals surface area contributed by atoms with Crippen molar-refractivity contribution < 1.29 is 38.1 Å². The summed E-state index contributed by atoms with van der Waals surface area (Å²) in [7, 11) is 5.67. The number of esters is 4. The van der Waals surface area contributed by atoms with Crippen molar-refractivity contribution >= 4 is 23.9 Å². The van der Waals surface area contributed by atoms with E-state index in [1.807, 2.05) is 6.08 Å². The summed E-state index contributed by atoms with van der Waals surface area (Å²) < 4.78 is 17.9. The van der Waals surface area contributed by atoms with Crippen LogP contribution in [0.3, 0.4) is 0 Å². The minimum atomic E-state index is -0.142. The predicted molar refractivity (Wildman–Crippen MR) is 206 cm³/mol. The monoisotopic (exact) mass is 693 g/mol. The molecule has 0 fully saturated rings. The van der Waals surface area contributed by atoms with Gasteiger partial charge in [0.25, 0.3) is 0 Å². The standard InChI is InChI=1S/C12H20O2.2C9H16O2.C7H12O2.C4H8/c1-3-4-5-6-7-8-9-10-11-12(13)14-2;2*1-3-4-5-6-7-8-9(10)11-2;1-3-4-5-6-7(8)9-2;1-3-4-2/h4-5,7-8H,3,6,9-11H2,1-2H3;2*4-5H,3,6-8H2,1-2H3;3H,1,4-6H2,2H3;3H,1,4H2,2H3/b5-4-,8-7-;2*5-4-;;. The smallest absolute Gasteiger partial charge is 0.305 e. The van der Waals surface area contributed by atoms with E-state index in [0.717, 1.165) is 83.5 Å². The fourth-order valence-corrected chi connectivity index (χ4v) is 3.02. The Morgan fingerprint density at radius 1 is 0.408 bits per heavy atom. The Hall–Kier alpha value is -3.68. The van der Waals surface area contributed by atoms with Gasteiger partial charge in [0.1, 0.15) is 0 Å². The van der Waals surface area contributed by atoms with Crippen molar-refractivity contribution in [3.8, 4) is 0 Å². The summed E-state index contributed by atoms with van der Waals surface area (Å²) in [5.41, 5.74) is 0. The van der Waals surface area contributed by atoms with Gasteiger partial charge >= 0.3 is 23.9 Å². The highest BCUT2D eigenvalue weighted by Crippen LogP contribution is 2.01. The first-order chi connectivity index (χ1) is 23.6. The highest BCUT2D eigenvalue weighted by molar-refractivity contribution is 5.70. The van der Waals surface area contributed by atoms with Gasteiger partial charge in [0, 0.05) is 25.7 Å². The van der Waals surface area contributed by atoms with Crippen LogP contribution in [0.15, 0.2) is 73.9 Å². The van der Waals surface area contributed by atoms with E-state index in [9.17, 15) is 19.2 Å². The fourth-order valence-electron chi connectivity index (χ4n) is 3.02. The maximum absolute atomic E-state index is 10.7. The summed E-state index contributed by atoms with van der Waals surface area (Å²) in [5.74, 6) is -0.495. The van der Waals surface area contributed by atoms with E-state index in [0.29, 0.717) is 25.7 Å². The normalized spacial score (nSPS) is 9.96. The average molecular weight is 693 g/mol. The molecule has 0 spiro atoms. The number of ether oxygens (including phenoxy) is 4. The van der Waals surface area contributed by atoms with Gasteiger partial charge in [-0.15, -0.1) is 13.2 Å². The van der Waals surface area contributed by atoms with Gasteiger partial charge in [0.15, 0.2) is 0 Å². The van der Waals surface area contributed by atoms with Gasteiger partial charge < -0.3 is 18.9 Å². The van der Waals surface area contributed by atoms with Crippen molar-refractivity contribution in [2.24, 2.45) is 0 Å². The van der Waals surface area contributed by atoms with Crippen molar-refractivity contribution in [2.75, 3.05) is 28.4 Å². The van der Waals surface area contributed by atoms with E-state index in [1.54, 1.807) is 6.08 Å². The number of hydrogen-bond acceptors (Lipinski definition) is 8. The Morgan fingerprint density at radius 3 is 0.939 bits per heavy atom. The number of unbranched alkanes of at least 4 members (excludes halogenated alkanes) is 4. The number of methoxy groups -OCH3 is 4. The molecular weight excluding hydrogens is 620 g/mol. The summed E-state index contributed by atoms with van der Waals surface area (Å²) in [6, 6.07) is 0. The van der Waals surface area contributed by atoms with Crippen molar-refractivity contribution in [2.45, 2.75) is 137 Å². The Morgan fingerprint density at radius 2 is 0.673 bits per heavy atom. The van der Waals surface area contributed by atoms with Crippen LogP contribution < -0.4 is 0 Å². The molecule has 49 heavy (non-hydrogen) atoms. The molecule has 0 aromatic heterocycles. The molecule has 8 heteroatoms. The van der Waals surface area contributed by atoms with Crippen LogP contribution in [0.1, 0.15) is 137 Å². The van der Waals surface area contributed by atoms with Crippen LogP contribution in [0, 0.1) is 0 Å². The number of allylic oxidation sites excluding steroid dienone is 10. The molecule has 0 aromatic carbocycles. The first-order valence-electron chi connectivity index (χ1n) is 17.7. The SMILES string of the molecule is C=CCC.C=CCCCC(=O)OC.CC/C=C\C/C=C\CCCC(=O)OC.CC/C=C\CCCC(=O)OC.CC/C=C\CCCC(=O)OC. The number of carbonyl (C=O) groups excluding carboxylic acids is 4. The highest BCUT2D eigenvalue weighted by Gasteiger charge is 1.98. The largest absolute Gasteiger partial charge is 0.469 e. The van der Waals surface area contributed by atoms with Crippen molar-refractivity contribution in [3.05, 3.63) is 73.9 Å². The first-order valence-corrected chi connectivity index (χ1v) is 17.7. The summed E-state index contributed by atoms with van der Waals surface area (Å²) in [6.45, 7) is 15.4. The molecule has 0 atom stereocenters. The topological polar surface area (TPSA) is 105 Å². The van der Waals surface area contributed by atoms with Crippen molar-refractivity contribution in [1.29, 1.82) is 0 Å². The highest BCUT2D eigenvalue weighted by atomic mass is 16.5. The van der Waals surface area contributed by atoms with Gasteiger partial charge in [-0.1, -0.05) is 88.5 Å². The predicted octanol–water partition coefficient (Wildman–Crippen LogP) is 10.9. The third-order valence-electron chi connectivity index (χ3n) is 5.89.